The molecule has 15 heavy (non-hydrogen) atoms. The van der Waals surface area contributed by atoms with Crippen molar-refractivity contribution in [3.63, 3.8) is 0 Å². The summed E-state index contributed by atoms with van der Waals surface area (Å²) in [5.41, 5.74) is 5.34. The van der Waals surface area contributed by atoms with Crippen LogP contribution in [0.15, 0.2) is 0 Å². The lowest BCUT2D eigenvalue weighted by Gasteiger charge is -2.41. The van der Waals surface area contributed by atoms with Crippen molar-refractivity contribution in [2.24, 2.45) is 11.1 Å². The van der Waals surface area contributed by atoms with Gasteiger partial charge >= 0.3 is 0 Å². The standard InChI is InChI=1S/C12H24N2O/c1-4-12(2,3)11(15)14(9-8-13)10-6-5-7-10/h10H,4-9,13H2,1-3H3. The quantitative estimate of drug-likeness (QED) is 0.755. The number of hydrogen-bond acceptors (Lipinski definition) is 2. The molecule has 0 aromatic carbocycles. The molecule has 0 saturated heterocycles. The van der Waals surface area contributed by atoms with Crippen LogP contribution in [-0.4, -0.2) is 29.9 Å². The van der Waals surface area contributed by atoms with Gasteiger partial charge in [-0.2, -0.15) is 0 Å². The molecule has 0 heterocycles. The number of rotatable bonds is 5. The number of nitrogens with zero attached hydrogens (tertiary/aromatic N) is 1. The average molecular weight is 212 g/mol. The van der Waals surface area contributed by atoms with Crippen molar-refractivity contribution in [2.45, 2.75) is 52.5 Å². The first-order chi connectivity index (χ1) is 7.03. The molecule has 3 nitrogen and oxygen atoms in total. The van der Waals surface area contributed by atoms with Crippen molar-refractivity contribution < 1.29 is 4.79 Å². The number of hydrogen-bond donors (Lipinski definition) is 1. The highest BCUT2D eigenvalue weighted by Crippen LogP contribution is 2.30. The fourth-order valence-electron chi connectivity index (χ4n) is 1.83. The summed E-state index contributed by atoms with van der Waals surface area (Å²) in [6, 6.07) is 0.465. The first kappa shape index (κ1) is 12.5. The number of nitrogens with two attached hydrogens (primary N) is 1. The van der Waals surface area contributed by atoms with Gasteiger partial charge in [0.25, 0.3) is 0 Å². The summed E-state index contributed by atoms with van der Waals surface area (Å²) in [4.78, 5) is 14.3. The van der Waals surface area contributed by atoms with Crippen LogP contribution in [0.5, 0.6) is 0 Å². The summed E-state index contributed by atoms with van der Waals surface area (Å²) in [5.74, 6) is 0.278. The fraction of sp³-hybridized carbons (Fsp3) is 0.917. The van der Waals surface area contributed by atoms with Crippen molar-refractivity contribution in [1.82, 2.24) is 4.90 Å². The summed E-state index contributed by atoms with van der Waals surface area (Å²) in [5, 5.41) is 0. The molecule has 1 aliphatic carbocycles. The van der Waals surface area contributed by atoms with Crippen LogP contribution in [0.4, 0.5) is 0 Å². The molecular weight excluding hydrogens is 188 g/mol. The second-order valence-corrected chi connectivity index (χ2v) is 5.11. The topological polar surface area (TPSA) is 46.3 Å². The van der Waals surface area contributed by atoms with Gasteiger partial charge in [-0.05, 0) is 25.7 Å². The molecule has 1 amide bonds. The van der Waals surface area contributed by atoms with Gasteiger partial charge in [-0.3, -0.25) is 4.79 Å². The molecule has 0 aromatic heterocycles. The van der Waals surface area contributed by atoms with E-state index in [-0.39, 0.29) is 11.3 Å². The van der Waals surface area contributed by atoms with Crippen molar-refractivity contribution >= 4 is 5.91 Å². The minimum atomic E-state index is -0.231. The Morgan fingerprint density at radius 3 is 2.40 bits per heavy atom. The van der Waals surface area contributed by atoms with Gasteiger partial charge in [0.05, 0.1) is 0 Å². The van der Waals surface area contributed by atoms with E-state index in [1.807, 2.05) is 18.7 Å². The van der Waals surface area contributed by atoms with Gasteiger partial charge in [0.1, 0.15) is 0 Å². The van der Waals surface area contributed by atoms with E-state index in [2.05, 4.69) is 6.92 Å². The second-order valence-electron chi connectivity index (χ2n) is 5.11. The van der Waals surface area contributed by atoms with E-state index < -0.39 is 0 Å². The molecule has 0 aromatic rings. The Bertz CT molecular complexity index is 222. The van der Waals surface area contributed by atoms with Gasteiger partial charge in [0.2, 0.25) is 5.91 Å². The maximum absolute atomic E-state index is 12.3. The summed E-state index contributed by atoms with van der Waals surface area (Å²) in [7, 11) is 0. The lowest BCUT2D eigenvalue weighted by atomic mass is 9.85. The molecule has 88 valence electrons. The molecule has 0 unspecified atom stereocenters. The Balaban J connectivity index is 2.66. The van der Waals surface area contributed by atoms with Gasteiger partial charge in [-0.1, -0.05) is 20.8 Å². The summed E-state index contributed by atoms with van der Waals surface area (Å²) in [6.45, 7) is 7.41. The number of carbonyl (C=O) groups is 1. The first-order valence-electron chi connectivity index (χ1n) is 6.04. The van der Waals surface area contributed by atoms with Gasteiger partial charge in [0, 0.05) is 24.5 Å². The number of carbonyl (C=O) groups excluding carboxylic acids is 1. The SMILES string of the molecule is CCC(C)(C)C(=O)N(CCN)C1CCC1. The molecule has 2 N–H and O–H groups in total. The van der Waals surface area contributed by atoms with Gasteiger partial charge < -0.3 is 10.6 Å². The van der Waals surface area contributed by atoms with E-state index in [1.54, 1.807) is 0 Å². The smallest absolute Gasteiger partial charge is 0.228 e. The molecule has 0 radical (unpaired) electrons. The molecule has 1 aliphatic rings. The molecule has 0 atom stereocenters. The van der Waals surface area contributed by atoms with E-state index in [0.29, 0.717) is 19.1 Å². The molecular formula is C12H24N2O. The number of amides is 1. The Morgan fingerprint density at radius 2 is 2.07 bits per heavy atom. The third-order valence-electron chi connectivity index (χ3n) is 3.61. The van der Waals surface area contributed by atoms with Crippen LogP contribution in [0.25, 0.3) is 0 Å². The van der Waals surface area contributed by atoms with Crippen LogP contribution >= 0.6 is 0 Å². The third-order valence-corrected chi connectivity index (χ3v) is 3.61. The van der Waals surface area contributed by atoms with Crippen molar-refractivity contribution in [3.8, 4) is 0 Å². The van der Waals surface area contributed by atoms with Gasteiger partial charge in [-0.25, -0.2) is 0 Å². The van der Waals surface area contributed by atoms with Crippen LogP contribution in [-0.2, 0) is 4.79 Å². The van der Waals surface area contributed by atoms with Crippen molar-refractivity contribution in [2.75, 3.05) is 13.1 Å². The zero-order valence-corrected chi connectivity index (χ0v) is 10.3. The summed E-state index contributed by atoms with van der Waals surface area (Å²) < 4.78 is 0. The summed E-state index contributed by atoms with van der Waals surface area (Å²) in [6.07, 6.45) is 4.46. The highest BCUT2D eigenvalue weighted by Gasteiger charge is 2.35. The normalized spacial score (nSPS) is 17.3. The Kier molecular flexibility index (Phi) is 4.14. The Morgan fingerprint density at radius 1 is 1.47 bits per heavy atom. The molecule has 0 bridgehead atoms. The van der Waals surface area contributed by atoms with Crippen molar-refractivity contribution in [1.29, 1.82) is 0 Å². The summed E-state index contributed by atoms with van der Waals surface area (Å²) >= 11 is 0. The predicted octanol–water partition coefficient (Wildman–Crippen LogP) is 1.76. The molecule has 1 fully saturated rings. The van der Waals surface area contributed by atoms with Crippen molar-refractivity contribution in [3.05, 3.63) is 0 Å². The van der Waals surface area contributed by atoms with Gasteiger partial charge in [-0.15, -0.1) is 0 Å². The van der Waals surface area contributed by atoms with Crippen LogP contribution in [0.1, 0.15) is 46.5 Å². The highest BCUT2D eigenvalue weighted by atomic mass is 16.2. The largest absolute Gasteiger partial charge is 0.338 e. The molecule has 1 rings (SSSR count). The monoisotopic (exact) mass is 212 g/mol. The highest BCUT2D eigenvalue weighted by molar-refractivity contribution is 5.82. The first-order valence-corrected chi connectivity index (χ1v) is 6.04. The predicted molar refractivity (Wildman–Crippen MR) is 62.5 cm³/mol. The third kappa shape index (κ3) is 2.71. The van der Waals surface area contributed by atoms with E-state index in [4.69, 9.17) is 5.73 Å². The molecule has 1 saturated carbocycles. The van der Waals surface area contributed by atoms with E-state index >= 15 is 0 Å². The van der Waals surface area contributed by atoms with Crippen LogP contribution < -0.4 is 5.73 Å². The fourth-order valence-corrected chi connectivity index (χ4v) is 1.83. The molecule has 3 heteroatoms. The molecule has 0 spiro atoms. The Labute approximate surface area is 93.0 Å². The maximum atomic E-state index is 12.3. The molecule has 0 aliphatic heterocycles. The van der Waals surface area contributed by atoms with E-state index in [1.165, 1.54) is 6.42 Å². The lowest BCUT2D eigenvalue weighted by molar-refractivity contribution is -0.144. The second kappa shape index (κ2) is 4.97. The maximum Gasteiger partial charge on any atom is 0.228 e. The zero-order chi connectivity index (χ0) is 11.5. The van der Waals surface area contributed by atoms with Gasteiger partial charge in [0.15, 0.2) is 0 Å². The average Bonchev–Trinajstić information content (AvgIpc) is 2.13. The van der Waals surface area contributed by atoms with E-state index in [0.717, 1.165) is 19.3 Å². The Hall–Kier alpha value is -0.570. The van der Waals surface area contributed by atoms with Crippen LogP contribution in [0.3, 0.4) is 0 Å². The van der Waals surface area contributed by atoms with Crippen LogP contribution in [0.2, 0.25) is 0 Å². The minimum Gasteiger partial charge on any atom is -0.338 e. The van der Waals surface area contributed by atoms with E-state index in [9.17, 15) is 4.79 Å². The van der Waals surface area contributed by atoms with Crippen LogP contribution in [0, 0.1) is 5.41 Å². The minimum absolute atomic E-state index is 0.231. The zero-order valence-electron chi connectivity index (χ0n) is 10.3. The lowest BCUT2D eigenvalue weighted by Crippen LogP contribution is -2.51.